The number of fused-ring (bicyclic) bond motifs is 1. The second-order valence-electron chi connectivity index (χ2n) is 17.0. The number of piperidine rings is 4. The van der Waals surface area contributed by atoms with Crippen molar-refractivity contribution in [2.45, 2.75) is 122 Å². The van der Waals surface area contributed by atoms with Crippen LogP contribution in [0.25, 0.3) is 0 Å². The first-order valence-corrected chi connectivity index (χ1v) is 22.0. The first-order valence-electron chi connectivity index (χ1n) is 20.6. The predicted molar refractivity (Wildman–Crippen MR) is 212 cm³/mol. The first kappa shape index (κ1) is 42.1. The third kappa shape index (κ3) is 10.5. The number of imide groups is 1. The minimum Gasteiger partial charge on any atom is -0.444 e. The van der Waals surface area contributed by atoms with Gasteiger partial charge in [0, 0.05) is 75.4 Å². The molecule has 1 aromatic carbocycles. The van der Waals surface area contributed by atoms with Gasteiger partial charge in [-0.05, 0) is 102 Å². The third-order valence-corrected chi connectivity index (χ3v) is 13.7. The molecule has 2 unspecified atom stereocenters. The van der Waals surface area contributed by atoms with Crippen LogP contribution in [-0.4, -0.2) is 122 Å². The van der Waals surface area contributed by atoms with Crippen LogP contribution in [0.4, 0.5) is 10.5 Å². The first-order chi connectivity index (χ1) is 26.7. The Bertz CT molecular complexity index is 1760. The van der Waals surface area contributed by atoms with E-state index in [-0.39, 0.29) is 36.3 Å². The molecule has 0 bridgehead atoms. The van der Waals surface area contributed by atoms with Crippen molar-refractivity contribution >= 4 is 39.7 Å². The van der Waals surface area contributed by atoms with E-state index in [4.69, 9.17) is 9.47 Å². The number of anilines is 1. The third-order valence-electron chi connectivity index (χ3n) is 11.7. The maximum absolute atomic E-state index is 13.6. The quantitative estimate of drug-likeness (QED) is 0.267. The average molecular weight is 797 g/mol. The van der Waals surface area contributed by atoms with E-state index in [0.717, 1.165) is 62.9 Å². The van der Waals surface area contributed by atoms with E-state index in [1.54, 1.807) is 13.5 Å². The zero-order valence-electron chi connectivity index (χ0n) is 33.5. The van der Waals surface area contributed by atoms with Crippen LogP contribution in [0.3, 0.4) is 0 Å². The van der Waals surface area contributed by atoms with E-state index < -0.39 is 33.9 Å². The summed E-state index contributed by atoms with van der Waals surface area (Å²) in [6.07, 6.45) is 6.92. The van der Waals surface area contributed by atoms with Crippen LogP contribution in [0.15, 0.2) is 18.2 Å². The van der Waals surface area contributed by atoms with Gasteiger partial charge in [-0.1, -0.05) is 31.3 Å². The van der Waals surface area contributed by atoms with Crippen molar-refractivity contribution in [2.75, 3.05) is 57.3 Å². The van der Waals surface area contributed by atoms with Crippen LogP contribution < -0.4 is 15.5 Å². The fourth-order valence-electron chi connectivity index (χ4n) is 8.71. The van der Waals surface area contributed by atoms with E-state index in [2.05, 4.69) is 27.4 Å². The van der Waals surface area contributed by atoms with Crippen LogP contribution in [0, 0.1) is 23.7 Å². The smallest absolute Gasteiger partial charge is 0.407 e. The molecule has 5 aliphatic heterocycles. The lowest BCUT2D eigenvalue weighted by atomic mass is 9.84. The summed E-state index contributed by atoms with van der Waals surface area (Å²) in [5.41, 5.74) is 1.93. The van der Waals surface area contributed by atoms with Crippen LogP contribution in [0.5, 0.6) is 0 Å². The SMILES string of the molecule is CCCC1Cc2c(C#CCOC3CCN(CC4CCN(S(=O)(=O)N5CCC(NC(=O)OC(C)(C)C)CC5)CC4)CC3)cccc2N(C2CCC(=O)NC2=O)C1=O. The molecule has 4 fully saturated rings. The second kappa shape index (κ2) is 18.4. The standard InChI is InChI=1S/C41H60N6O8S/c1-5-8-31-27-34-30(9-6-11-35(34)47(39(31)50)36-12-13-37(48)43-38(36)49)10-7-26-54-33-18-20-44(21-19-33)28-29-14-22-45(23-15-29)56(52,53)46-24-16-32(17-25-46)42-40(51)55-41(2,3)4/h6,9,11,29,31-33,36H,5,8,12-28H2,1-4H3,(H,42,51)(H,43,48,49). The van der Waals surface area contributed by atoms with Gasteiger partial charge in [-0.25, -0.2) is 4.79 Å². The molecule has 0 spiro atoms. The van der Waals surface area contributed by atoms with Crippen molar-refractivity contribution in [3.05, 3.63) is 29.3 Å². The van der Waals surface area contributed by atoms with Gasteiger partial charge in [0.2, 0.25) is 17.7 Å². The Morgan fingerprint density at radius 3 is 2.27 bits per heavy atom. The topological polar surface area (TPSA) is 158 Å². The summed E-state index contributed by atoms with van der Waals surface area (Å²) in [6, 6.07) is 4.89. The van der Waals surface area contributed by atoms with Crippen molar-refractivity contribution in [2.24, 2.45) is 11.8 Å². The molecule has 15 heteroatoms. The molecular formula is C41H60N6O8S. The molecule has 56 heavy (non-hydrogen) atoms. The molecule has 6 rings (SSSR count). The van der Waals surface area contributed by atoms with Crippen molar-refractivity contribution in [3.8, 4) is 11.8 Å². The number of carbonyl (C=O) groups excluding carboxylic acids is 4. The molecule has 4 amide bonds. The van der Waals surface area contributed by atoms with Crippen molar-refractivity contribution in [1.29, 1.82) is 0 Å². The minimum atomic E-state index is -3.54. The molecule has 0 saturated carbocycles. The largest absolute Gasteiger partial charge is 0.444 e. The van der Waals surface area contributed by atoms with Gasteiger partial charge in [-0.15, -0.1) is 0 Å². The molecule has 2 atom stereocenters. The summed E-state index contributed by atoms with van der Waals surface area (Å²) in [7, 11) is -3.54. The van der Waals surface area contributed by atoms with Gasteiger partial charge >= 0.3 is 6.09 Å². The number of amides is 4. The lowest BCUT2D eigenvalue weighted by molar-refractivity contribution is -0.136. The monoisotopic (exact) mass is 796 g/mol. The molecule has 1 aromatic rings. The highest BCUT2D eigenvalue weighted by Gasteiger charge is 2.42. The highest BCUT2D eigenvalue weighted by molar-refractivity contribution is 7.86. The normalized spacial score (nSPS) is 24.3. The Hall–Kier alpha value is -3.55. The van der Waals surface area contributed by atoms with Crippen LogP contribution in [0.1, 0.15) is 103 Å². The Balaban J connectivity index is 0.929. The Kier molecular flexibility index (Phi) is 13.8. The Morgan fingerprint density at radius 1 is 0.946 bits per heavy atom. The maximum Gasteiger partial charge on any atom is 0.407 e. The second-order valence-corrected chi connectivity index (χ2v) is 18.9. The number of hydrogen-bond donors (Lipinski definition) is 2. The van der Waals surface area contributed by atoms with Crippen LogP contribution in [-0.2, 0) is 40.5 Å². The van der Waals surface area contributed by atoms with Crippen molar-refractivity contribution < 1.29 is 37.1 Å². The molecule has 5 heterocycles. The molecule has 0 aliphatic carbocycles. The van der Waals surface area contributed by atoms with Crippen LogP contribution >= 0.6 is 0 Å². The maximum atomic E-state index is 13.6. The zero-order chi connectivity index (χ0) is 40.0. The molecular weight excluding hydrogens is 737 g/mol. The number of benzene rings is 1. The number of likely N-dealkylation sites (tertiary alicyclic amines) is 1. The van der Waals surface area contributed by atoms with Gasteiger partial charge < -0.3 is 19.7 Å². The van der Waals surface area contributed by atoms with Crippen molar-refractivity contribution in [3.63, 3.8) is 0 Å². The lowest BCUT2D eigenvalue weighted by Gasteiger charge is -2.40. The summed E-state index contributed by atoms with van der Waals surface area (Å²) >= 11 is 0. The molecule has 4 saturated heterocycles. The van der Waals surface area contributed by atoms with Gasteiger partial charge in [0.05, 0.1) is 6.10 Å². The molecule has 308 valence electrons. The number of alkyl carbamates (subject to hydrolysis) is 1. The molecule has 5 aliphatic rings. The van der Waals surface area contributed by atoms with Gasteiger partial charge in [0.25, 0.3) is 10.2 Å². The summed E-state index contributed by atoms with van der Waals surface area (Å²) in [4.78, 5) is 54.5. The summed E-state index contributed by atoms with van der Waals surface area (Å²) in [5.74, 6) is 5.91. The number of ether oxygens (including phenoxy) is 2. The summed E-state index contributed by atoms with van der Waals surface area (Å²) < 4.78 is 41.7. The fourth-order valence-corrected chi connectivity index (χ4v) is 10.4. The van der Waals surface area contributed by atoms with Gasteiger partial charge in [0.1, 0.15) is 18.2 Å². The van der Waals surface area contributed by atoms with Crippen LogP contribution in [0.2, 0.25) is 0 Å². The predicted octanol–water partition coefficient (Wildman–Crippen LogP) is 3.58. The van der Waals surface area contributed by atoms with E-state index >= 15 is 0 Å². The van der Waals surface area contributed by atoms with Crippen molar-refractivity contribution in [1.82, 2.24) is 24.1 Å². The van der Waals surface area contributed by atoms with E-state index in [1.807, 2.05) is 45.9 Å². The molecule has 0 radical (unpaired) electrons. The Morgan fingerprint density at radius 2 is 1.62 bits per heavy atom. The van der Waals surface area contributed by atoms with Gasteiger partial charge in [0.15, 0.2) is 0 Å². The highest BCUT2D eigenvalue weighted by atomic mass is 32.2. The molecule has 14 nitrogen and oxygen atoms in total. The van der Waals surface area contributed by atoms with Gasteiger partial charge in [-0.3, -0.25) is 24.6 Å². The number of carbonyl (C=O) groups is 4. The molecule has 2 N–H and O–H groups in total. The van der Waals surface area contributed by atoms with E-state index in [0.29, 0.717) is 76.5 Å². The number of nitrogens with zero attached hydrogens (tertiary/aromatic N) is 4. The lowest BCUT2D eigenvalue weighted by Crippen LogP contribution is -2.57. The minimum absolute atomic E-state index is 0.0635. The number of hydrogen-bond acceptors (Lipinski definition) is 9. The van der Waals surface area contributed by atoms with E-state index in [1.165, 1.54) is 0 Å². The summed E-state index contributed by atoms with van der Waals surface area (Å²) in [5, 5.41) is 5.29. The Labute approximate surface area is 332 Å². The fraction of sp³-hybridized carbons (Fsp3) is 0.707. The number of nitrogens with one attached hydrogen (secondary N) is 2. The number of rotatable bonds is 10. The molecule has 0 aromatic heterocycles. The summed E-state index contributed by atoms with van der Waals surface area (Å²) in [6.45, 7) is 12.4. The highest BCUT2D eigenvalue weighted by Crippen LogP contribution is 2.37. The average Bonchev–Trinajstić information content (AvgIpc) is 3.15. The van der Waals surface area contributed by atoms with E-state index in [9.17, 15) is 27.6 Å². The van der Waals surface area contributed by atoms with Gasteiger partial charge in [-0.2, -0.15) is 17.0 Å². The zero-order valence-corrected chi connectivity index (χ0v) is 34.3.